The highest BCUT2D eigenvalue weighted by atomic mass is 31.2. The van der Waals surface area contributed by atoms with Crippen LogP contribution >= 0.6 is 7.75 Å². The van der Waals surface area contributed by atoms with Gasteiger partial charge in [-0.05, 0) is 0 Å². The molecule has 7 heavy (non-hydrogen) atoms. The summed E-state index contributed by atoms with van der Waals surface area (Å²) in [5.74, 6) is 0. The van der Waals surface area contributed by atoms with E-state index in [1.807, 2.05) is 0 Å². The highest BCUT2D eigenvalue weighted by Gasteiger charge is 2.08. The molecule has 0 rings (SSSR count). The fourth-order valence-electron chi connectivity index (χ4n) is 0.0248. The van der Waals surface area contributed by atoms with E-state index in [4.69, 9.17) is 0 Å². The van der Waals surface area contributed by atoms with Crippen LogP contribution < -0.4 is 5.50 Å². The smallest absolute Gasteiger partial charge is 0.372 e. The van der Waals surface area contributed by atoms with Gasteiger partial charge in [0.05, 0.1) is 0 Å². The first-order valence-corrected chi connectivity index (χ1v) is 2.89. The van der Waals surface area contributed by atoms with E-state index in [0.29, 0.717) is 0 Å². The lowest BCUT2D eigenvalue weighted by Gasteiger charge is -2.05. The van der Waals surface area contributed by atoms with Crippen molar-refractivity contribution in [2.45, 2.75) is 0 Å². The average Bonchev–Trinajstić information content (AvgIpc) is 1.68. The molecule has 0 aromatic heterocycles. The second kappa shape index (κ2) is 2.52. The van der Waals surface area contributed by atoms with Crippen LogP contribution in [-0.2, 0) is 13.4 Å². The second-order valence-electron chi connectivity index (χ2n) is 0.751. The maximum Gasteiger partial charge on any atom is 0.372 e. The molecule has 36 valence electrons. The molecule has 0 aliphatic carbocycles. The second-order valence-corrected chi connectivity index (χ2v) is 2.25. The standard InChI is InChI=1S/B2H2NO3P/c1-5-7(3,4)6-2/h(H2,3,4). The van der Waals surface area contributed by atoms with Gasteiger partial charge in [-0.1, -0.05) is 0 Å². The monoisotopic (exact) mass is 117 g/mol. The fourth-order valence-corrected chi connectivity index (χ4v) is 0.0745. The van der Waals surface area contributed by atoms with Crippen LogP contribution in [0, 0.1) is 0 Å². The lowest BCUT2D eigenvalue weighted by molar-refractivity contribution is 0.416. The van der Waals surface area contributed by atoms with Gasteiger partial charge in [0.25, 0.3) is 16.1 Å². The Kier molecular flexibility index (Phi) is 2.61. The number of nitrogens with two attached hydrogens (primary N) is 1. The topological polar surface area (TPSA) is 61.5 Å². The van der Waals surface area contributed by atoms with E-state index in [9.17, 15) is 4.57 Å². The van der Waals surface area contributed by atoms with Crippen molar-refractivity contribution in [3.05, 3.63) is 0 Å². The van der Waals surface area contributed by atoms with Crippen LogP contribution in [0.2, 0.25) is 0 Å². The van der Waals surface area contributed by atoms with E-state index < -0.39 is 7.75 Å². The number of hydrogen-bond donors (Lipinski definition) is 1. The first-order valence-electron chi connectivity index (χ1n) is 1.28. The Morgan fingerprint density at radius 3 is 1.71 bits per heavy atom. The molecule has 7 heteroatoms. The van der Waals surface area contributed by atoms with Crippen molar-refractivity contribution in [1.29, 1.82) is 0 Å². The Morgan fingerprint density at radius 2 is 1.71 bits per heavy atom. The van der Waals surface area contributed by atoms with Crippen LogP contribution in [-0.4, -0.2) is 16.1 Å². The molecule has 0 bridgehead atoms. The van der Waals surface area contributed by atoms with Crippen molar-refractivity contribution in [3.8, 4) is 0 Å². The molecule has 0 aliphatic rings. The van der Waals surface area contributed by atoms with Crippen molar-refractivity contribution in [2.75, 3.05) is 0 Å². The third kappa shape index (κ3) is 2.88. The predicted molar refractivity (Wildman–Crippen MR) is 25.5 cm³/mol. The molecular weight excluding hydrogens is 115 g/mol. The summed E-state index contributed by atoms with van der Waals surface area (Å²) in [5.41, 5.74) is 4.58. The van der Waals surface area contributed by atoms with Gasteiger partial charge >= 0.3 is 7.75 Å². The van der Waals surface area contributed by atoms with Gasteiger partial charge in [-0.2, -0.15) is 0 Å². The molecule has 0 spiro atoms. The zero-order valence-electron chi connectivity index (χ0n) is 3.40. The quantitative estimate of drug-likeness (QED) is 0.381. The highest BCUT2D eigenvalue weighted by Crippen LogP contribution is 2.34. The van der Waals surface area contributed by atoms with E-state index in [-0.39, 0.29) is 0 Å². The van der Waals surface area contributed by atoms with E-state index in [0.717, 1.165) is 0 Å². The average molecular weight is 117 g/mol. The third-order valence-electron chi connectivity index (χ3n) is 0.294. The molecule has 0 saturated carbocycles. The van der Waals surface area contributed by atoms with Crippen molar-refractivity contribution in [3.63, 3.8) is 0 Å². The number of hydrogen-bond acceptors (Lipinski definition) is 3. The van der Waals surface area contributed by atoms with Crippen LogP contribution in [0.25, 0.3) is 0 Å². The molecule has 4 radical (unpaired) electrons. The Labute approximate surface area is 43.8 Å². The third-order valence-corrected chi connectivity index (χ3v) is 0.882. The molecular formula is H2B2NO3P. The van der Waals surface area contributed by atoms with Crippen LogP contribution in [0.3, 0.4) is 0 Å². The Morgan fingerprint density at radius 1 is 1.43 bits per heavy atom. The van der Waals surface area contributed by atoms with Gasteiger partial charge in [0, 0.05) is 0 Å². The summed E-state index contributed by atoms with van der Waals surface area (Å²) < 4.78 is 17.2. The zero-order valence-corrected chi connectivity index (χ0v) is 4.30. The normalized spacial score (nSPS) is 11.6. The SMILES string of the molecule is [B]OP(N)(=O)O[B]. The van der Waals surface area contributed by atoms with Crippen molar-refractivity contribution >= 4 is 23.8 Å². The summed E-state index contributed by atoms with van der Waals surface area (Å²) in [4.78, 5) is 0. The summed E-state index contributed by atoms with van der Waals surface area (Å²) in [6.45, 7) is 0. The van der Waals surface area contributed by atoms with Crippen LogP contribution in [0.5, 0.6) is 0 Å². The van der Waals surface area contributed by atoms with Crippen molar-refractivity contribution in [1.82, 2.24) is 0 Å². The lowest BCUT2D eigenvalue weighted by atomic mass is 10.6. The van der Waals surface area contributed by atoms with E-state index >= 15 is 0 Å². The van der Waals surface area contributed by atoms with Crippen LogP contribution in [0.1, 0.15) is 0 Å². The Balaban J connectivity index is 3.61. The summed E-state index contributed by atoms with van der Waals surface area (Å²) in [5, 5.41) is 0. The van der Waals surface area contributed by atoms with Crippen molar-refractivity contribution in [2.24, 2.45) is 5.50 Å². The van der Waals surface area contributed by atoms with Gasteiger partial charge < -0.3 is 8.88 Å². The van der Waals surface area contributed by atoms with Gasteiger partial charge in [-0.3, -0.25) is 0 Å². The van der Waals surface area contributed by atoms with Gasteiger partial charge in [0.2, 0.25) is 0 Å². The molecule has 0 aliphatic heterocycles. The molecule has 0 amide bonds. The minimum Gasteiger partial charge on any atom is -0.373 e. The molecule has 0 saturated heterocycles. The summed E-state index contributed by atoms with van der Waals surface area (Å²) in [6, 6.07) is 0. The van der Waals surface area contributed by atoms with E-state index in [1.165, 1.54) is 0 Å². The molecule has 0 unspecified atom stereocenters. The van der Waals surface area contributed by atoms with Crippen LogP contribution in [0.4, 0.5) is 0 Å². The zero-order chi connectivity index (χ0) is 5.91. The minimum atomic E-state index is -3.60. The Hall–Kier alpha value is 0.240. The van der Waals surface area contributed by atoms with Gasteiger partial charge in [0.15, 0.2) is 0 Å². The van der Waals surface area contributed by atoms with E-state index in [2.05, 4.69) is 30.5 Å². The molecule has 2 N–H and O–H groups in total. The first kappa shape index (κ1) is 7.24. The highest BCUT2D eigenvalue weighted by molar-refractivity contribution is 7.52. The van der Waals surface area contributed by atoms with Crippen molar-refractivity contribution < 1.29 is 13.4 Å². The summed E-state index contributed by atoms with van der Waals surface area (Å²) >= 11 is 0. The number of rotatable bonds is 2. The maximum absolute atomic E-state index is 10.0. The minimum absolute atomic E-state index is 3.57. The maximum atomic E-state index is 10.0. The van der Waals surface area contributed by atoms with E-state index in [1.54, 1.807) is 0 Å². The molecule has 0 aromatic rings. The molecule has 0 heterocycles. The fraction of sp³-hybridized carbons (Fsp3) is 0. The molecule has 0 aromatic carbocycles. The molecule has 0 atom stereocenters. The Bertz CT molecular complexity index is 84.9. The molecule has 4 nitrogen and oxygen atoms in total. The lowest BCUT2D eigenvalue weighted by Crippen LogP contribution is -1.98. The largest absolute Gasteiger partial charge is 0.373 e. The molecule has 0 fully saturated rings. The summed E-state index contributed by atoms with van der Waals surface area (Å²) in [7, 11) is 5.05. The van der Waals surface area contributed by atoms with Gasteiger partial charge in [-0.25, -0.2) is 10.1 Å². The van der Waals surface area contributed by atoms with Crippen LogP contribution in [0.15, 0.2) is 0 Å². The van der Waals surface area contributed by atoms with Gasteiger partial charge in [-0.15, -0.1) is 0 Å². The first-order chi connectivity index (χ1) is 3.12. The predicted octanol–water partition coefficient (Wildman–Crippen LogP) is -0.747. The summed E-state index contributed by atoms with van der Waals surface area (Å²) in [6.07, 6.45) is 0. The van der Waals surface area contributed by atoms with Gasteiger partial charge in [0.1, 0.15) is 0 Å².